The third-order valence-corrected chi connectivity index (χ3v) is 4.76. The first-order valence-electron chi connectivity index (χ1n) is 6.74. The van der Waals surface area contributed by atoms with Crippen LogP contribution in [0.2, 0.25) is 0 Å². The van der Waals surface area contributed by atoms with Crippen LogP contribution in [0, 0.1) is 0 Å². The first-order chi connectivity index (χ1) is 9.79. The molecule has 1 atom stereocenters. The number of alkyl halides is 1. The van der Waals surface area contributed by atoms with Crippen LogP contribution < -0.4 is 5.56 Å². The van der Waals surface area contributed by atoms with Crippen molar-refractivity contribution in [2.45, 2.75) is 31.4 Å². The van der Waals surface area contributed by atoms with E-state index in [2.05, 4.69) is 0 Å². The summed E-state index contributed by atoms with van der Waals surface area (Å²) in [5, 5.41) is 2.02. The van der Waals surface area contributed by atoms with Crippen molar-refractivity contribution < 1.29 is 4.74 Å². The molecule has 1 saturated heterocycles. The third kappa shape index (κ3) is 2.68. The van der Waals surface area contributed by atoms with Gasteiger partial charge in [-0.1, -0.05) is 12.1 Å². The molecule has 0 aromatic carbocycles. The summed E-state index contributed by atoms with van der Waals surface area (Å²) < 4.78 is 7.49. The molecule has 1 unspecified atom stereocenters. The van der Waals surface area contributed by atoms with E-state index in [4.69, 9.17) is 16.3 Å². The maximum Gasteiger partial charge on any atom is 0.255 e. The SMILES string of the molecule is O=c1c(CCl)ccc(-c2cccs2)n1CC1CCCO1. The van der Waals surface area contributed by atoms with Crippen molar-refractivity contribution >= 4 is 22.9 Å². The van der Waals surface area contributed by atoms with Gasteiger partial charge in [-0.05, 0) is 30.4 Å². The van der Waals surface area contributed by atoms with E-state index in [1.165, 1.54) is 0 Å². The van der Waals surface area contributed by atoms with Crippen molar-refractivity contribution in [2.24, 2.45) is 0 Å². The number of thiophene rings is 1. The molecule has 0 N–H and O–H groups in total. The topological polar surface area (TPSA) is 31.2 Å². The van der Waals surface area contributed by atoms with E-state index in [0.29, 0.717) is 12.1 Å². The van der Waals surface area contributed by atoms with Crippen molar-refractivity contribution in [3.8, 4) is 10.6 Å². The minimum absolute atomic E-state index is 0.00130. The van der Waals surface area contributed by atoms with Crippen molar-refractivity contribution in [3.63, 3.8) is 0 Å². The van der Waals surface area contributed by atoms with Crippen molar-refractivity contribution in [3.05, 3.63) is 45.6 Å². The first kappa shape index (κ1) is 13.9. The molecule has 0 spiro atoms. The lowest BCUT2D eigenvalue weighted by atomic mass is 10.2. The van der Waals surface area contributed by atoms with E-state index in [1.807, 2.05) is 34.2 Å². The minimum Gasteiger partial charge on any atom is -0.376 e. The molecule has 3 heterocycles. The van der Waals surface area contributed by atoms with E-state index in [9.17, 15) is 4.79 Å². The van der Waals surface area contributed by atoms with Crippen LogP contribution in [0.5, 0.6) is 0 Å². The molecule has 0 aliphatic carbocycles. The summed E-state index contributed by atoms with van der Waals surface area (Å²) in [5.41, 5.74) is 1.60. The molecule has 2 aromatic heterocycles. The first-order valence-corrected chi connectivity index (χ1v) is 8.15. The Balaban J connectivity index is 2.04. The number of nitrogens with zero attached hydrogens (tertiary/aromatic N) is 1. The van der Waals surface area contributed by atoms with Crippen LogP contribution in [-0.4, -0.2) is 17.3 Å². The van der Waals surface area contributed by atoms with E-state index in [1.54, 1.807) is 11.3 Å². The molecular weight excluding hydrogens is 294 g/mol. The van der Waals surface area contributed by atoms with Gasteiger partial charge >= 0.3 is 0 Å². The number of ether oxygens (including phenoxy) is 1. The van der Waals surface area contributed by atoms with Crippen LogP contribution in [0.25, 0.3) is 10.6 Å². The maximum atomic E-state index is 12.5. The van der Waals surface area contributed by atoms with Gasteiger partial charge in [-0.25, -0.2) is 0 Å². The lowest BCUT2D eigenvalue weighted by Gasteiger charge is -2.16. The number of hydrogen-bond acceptors (Lipinski definition) is 3. The van der Waals surface area contributed by atoms with Gasteiger partial charge in [0.2, 0.25) is 0 Å². The summed E-state index contributed by atoms with van der Waals surface area (Å²) in [6.07, 6.45) is 2.22. The summed E-state index contributed by atoms with van der Waals surface area (Å²) in [6.45, 7) is 1.40. The van der Waals surface area contributed by atoms with Gasteiger partial charge in [0.1, 0.15) is 0 Å². The van der Waals surface area contributed by atoms with Crippen LogP contribution >= 0.6 is 22.9 Å². The molecule has 5 heteroatoms. The smallest absolute Gasteiger partial charge is 0.255 e. The Morgan fingerprint density at radius 2 is 2.30 bits per heavy atom. The van der Waals surface area contributed by atoms with Gasteiger partial charge in [-0.2, -0.15) is 0 Å². The van der Waals surface area contributed by atoms with Crippen LogP contribution in [0.15, 0.2) is 34.4 Å². The zero-order chi connectivity index (χ0) is 13.9. The van der Waals surface area contributed by atoms with Gasteiger partial charge in [-0.15, -0.1) is 22.9 Å². The van der Waals surface area contributed by atoms with Gasteiger partial charge in [0.25, 0.3) is 5.56 Å². The van der Waals surface area contributed by atoms with Crippen molar-refractivity contribution in [2.75, 3.05) is 6.61 Å². The number of aromatic nitrogens is 1. The zero-order valence-electron chi connectivity index (χ0n) is 11.0. The predicted octanol–water partition coefficient (Wildman–Crippen LogP) is 3.49. The van der Waals surface area contributed by atoms with E-state index >= 15 is 0 Å². The molecule has 20 heavy (non-hydrogen) atoms. The normalized spacial score (nSPS) is 18.6. The van der Waals surface area contributed by atoms with Crippen LogP contribution in [0.1, 0.15) is 18.4 Å². The molecule has 1 fully saturated rings. The van der Waals surface area contributed by atoms with E-state index in [0.717, 1.165) is 30.0 Å². The molecule has 0 amide bonds. The lowest BCUT2D eigenvalue weighted by molar-refractivity contribution is 0.0965. The molecule has 0 radical (unpaired) electrons. The third-order valence-electron chi connectivity index (χ3n) is 3.58. The number of halogens is 1. The van der Waals surface area contributed by atoms with Gasteiger partial charge < -0.3 is 9.30 Å². The largest absolute Gasteiger partial charge is 0.376 e. The second-order valence-corrected chi connectivity index (χ2v) is 6.12. The van der Waals surface area contributed by atoms with Gasteiger partial charge in [0.05, 0.1) is 29.1 Å². The average Bonchev–Trinajstić information content (AvgIpc) is 3.13. The molecule has 3 nitrogen and oxygen atoms in total. The summed E-state index contributed by atoms with van der Waals surface area (Å²) in [4.78, 5) is 13.6. The highest BCUT2D eigenvalue weighted by atomic mass is 35.5. The highest BCUT2D eigenvalue weighted by molar-refractivity contribution is 7.13. The Morgan fingerprint density at radius 1 is 1.40 bits per heavy atom. The van der Waals surface area contributed by atoms with E-state index < -0.39 is 0 Å². The molecule has 0 bridgehead atoms. The fraction of sp³-hybridized carbons (Fsp3) is 0.400. The summed E-state index contributed by atoms with van der Waals surface area (Å²) in [5.74, 6) is 0.245. The molecule has 0 saturated carbocycles. The molecule has 3 rings (SSSR count). The van der Waals surface area contributed by atoms with Crippen LogP contribution in [0.4, 0.5) is 0 Å². The fourth-order valence-corrected chi connectivity index (χ4v) is 3.50. The molecule has 2 aromatic rings. The van der Waals surface area contributed by atoms with Crippen molar-refractivity contribution in [1.82, 2.24) is 4.57 Å². The summed E-state index contributed by atoms with van der Waals surface area (Å²) in [6, 6.07) is 7.85. The molecular formula is C15H16ClNO2S. The zero-order valence-corrected chi connectivity index (χ0v) is 12.6. The second kappa shape index (κ2) is 6.12. The summed E-state index contributed by atoms with van der Waals surface area (Å²) in [7, 11) is 0. The Morgan fingerprint density at radius 3 is 2.95 bits per heavy atom. The maximum absolute atomic E-state index is 12.5. The quantitative estimate of drug-likeness (QED) is 0.810. The van der Waals surface area contributed by atoms with Gasteiger partial charge in [-0.3, -0.25) is 4.79 Å². The minimum atomic E-state index is 0.00130. The van der Waals surface area contributed by atoms with Gasteiger partial charge in [0, 0.05) is 12.2 Å². The second-order valence-electron chi connectivity index (χ2n) is 4.91. The highest BCUT2D eigenvalue weighted by Gasteiger charge is 2.19. The van der Waals surface area contributed by atoms with Crippen LogP contribution in [0.3, 0.4) is 0 Å². The Labute approximate surface area is 126 Å². The van der Waals surface area contributed by atoms with E-state index in [-0.39, 0.29) is 17.5 Å². The standard InChI is InChI=1S/C15H16ClNO2S/c16-9-11-5-6-13(14-4-2-8-20-14)17(15(11)18)10-12-3-1-7-19-12/h2,4-6,8,12H,1,3,7,9-10H2. The Kier molecular flexibility index (Phi) is 4.24. The molecule has 106 valence electrons. The number of rotatable bonds is 4. The number of hydrogen-bond donors (Lipinski definition) is 0. The average molecular weight is 310 g/mol. The lowest BCUT2D eigenvalue weighted by Crippen LogP contribution is -2.29. The fourth-order valence-electron chi connectivity index (χ4n) is 2.54. The Bertz CT molecular complexity index is 630. The Hall–Kier alpha value is -1.10. The highest BCUT2D eigenvalue weighted by Crippen LogP contribution is 2.25. The number of pyridine rings is 1. The van der Waals surface area contributed by atoms with Crippen LogP contribution in [-0.2, 0) is 17.2 Å². The summed E-state index contributed by atoms with van der Waals surface area (Å²) >= 11 is 7.49. The van der Waals surface area contributed by atoms with Crippen molar-refractivity contribution in [1.29, 1.82) is 0 Å². The predicted molar refractivity (Wildman–Crippen MR) is 82.5 cm³/mol. The van der Waals surface area contributed by atoms with Gasteiger partial charge in [0.15, 0.2) is 0 Å². The molecule has 1 aliphatic heterocycles. The monoisotopic (exact) mass is 309 g/mol. The molecule has 1 aliphatic rings.